The third kappa shape index (κ3) is 8.32. The van der Waals surface area contributed by atoms with E-state index in [2.05, 4.69) is 43.9 Å². The maximum atomic E-state index is 13.6. The Kier molecular flexibility index (Phi) is 10.8. The quantitative estimate of drug-likeness (QED) is 0.232. The number of piperazine rings is 1. The lowest BCUT2D eigenvalue weighted by atomic mass is 10.0. The smallest absolute Gasteiger partial charge is 0.257 e. The molecular formula is C37H42N6O6. The molecule has 2 atom stereocenters. The summed E-state index contributed by atoms with van der Waals surface area (Å²) in [5.74, 6) is 5.41. The molecular weight excluding hydrogens is 624 g/mol. The Morgan fingerprint density at radius 1 is 1.10 bits per heavy atom. The van der Waals surface area contributed by atoms with Gasteiger partial charge in [-0.15, -0.1) is 0 Å². The molecule has 2 aliphatic heterocycles. The number of aryl methyl sites for hydroxylation is 3. The number of ether oxygens (including phenoxy) is 2. The zero-order valence-electron chi connectivity index (χ0n) is 28.5. The van der Waals surface area contributed by atoms with Crippen LogP contribution in [0.4, 0.5) is 5.82 Å². The first kappa shape index (κ1) is 35.2. The molecule has 0 unspecified atom stereocenters. The predicted octanol–water partition coefficient (Wildman–Crippen LogP) is 2.97. The Morgan fingerprint density at radius 2 is 1.88 bits per heavy atom. The van der Waals surface area contributed by atoms with Crippen LogP contribution in [0.25, 0.3) is 0 Å². The second kappa shape index (κ2) is 15.0. The van der Waals surface area contributed by atoms with Crippen molar-refractivity contribution in [3.05, 3.63) is 94.5 Å². The summed E-state index contributed by atoms with van der Waals surface area (Å²) in [6.45, 7) is 13.8. The molecule has 5 rings (SSSR count). The van der Waals surface area contributed by atoms with Crippen molar-refractivity contribution in [1.82, 2.24) is 25.1 Å². The highest BCUT2D eigenvalue weighted by Gasteiger charge is 2.34. The summed E-state index contributed by atoms with van der Waals surface area (Å²) in [5, 5.41) is 15.7. The molecule has 0 saturated carbocycles. The van der Waals surface area contributed by atoms with E-state index in [4.69, 9.17) is 9.47 Å². The van der Waals surface area contributed by atoms with Gasteiger partial charge in [0.15, 0.2) is 11.7 Å². The van der Waals surface area contributed by atoms with Crippen LogP contribution in [0, 0.1) is 32.6 Å². The van der Waals surface area contributed by atoms with E-state index in [1.807, 2.05) is 26.0 Å². The normalized spacial score (nSPS) is 17.5. The lowest BCUT2D eigenvalue weighted by Crippen LogP contribution is -2.54. The summed E-state index contributed by atoms with van der Waals surface area (Å²) in [6, 6.07) is 8.83. The van der Waals surface area contributed by atoms with Gasteiger partial charge in [0.2, 0.25) is 5.91 Å². The van der Waals surface area contributed by atoms with Crippen LogP contribution in [0.2, 0.25) is 0 Å². The van der Waals surface area contributed by atoms with E-state index in [-0.39, 0.29) is 36.3 Å². The summed E-state index contributed by atoms with van der Waals surface area (Å²) < 4.78 is 11.6. The minimum absolute atomic E-state index is 0.0234. The number of nitrogens with zero attached hydrogens (tertiary/aromatic N) is 4. The van der Waals surface area contributed by atoms with Crippen molar-refractivity contribution in [2.45, 2.75) is 45.4 Å². The van der Waals surface area contributed by atoms with E-state index in [0.717, 1.165) is 5.56 Å². The van der Waals surface area contributed by atoms with Crippen molar-refractivity contribution in [3.63, 3.8) is 0 Å². The largest absolute Gasteiger partial charge is 0.482 e. The average Bonchev–Trinajstić information content (AvgIpc) is 3.07. The third-order valence-electron chi connectivity index (χ3n) is 8.60. The van der Waals surface area contributed by atoms with Crippen molar-refractivity contribution in [3.8, 4) is 17.6 Å². The highest BCUT2D eigenvalue weighted by atomic mass is 16.5. The number of nitrogens with one attached hydrogen (secondary N) is 2. The molecule has 0 radical (unpaired) electrons. The maximum Gasteiger partial charge on any atom is 0.257 e. The van der Waals surface area contributed by atoms with Crippen LogP contribution >= 0.6 is 0 Å². The van der Waals surface area contributed by atoms with E-state index in [9.17, 15) is 19.5 Å². The predicted molar refractivity (Wildman–Crippen MR) is 184 cm³/mol. The second-order valence-electron chi connectivity index (χ2n) is 12.6. The van der Waals surface area contributed by atoms with Gasteiger partial charge < -0.3 is 30.1 Å². The first-order valence-electron chi connectivity index (χ1n) is 16.1. The molecule has 0 spiro atoms. The molecule has 0 bridgehead atoms. The number of aliphatic hydroxyl groups is 1. The van der Waals surface area contributed by atoms with E-state index < -0.39 is 23.5 Å². The summed E-state index contributed by atoms with van der Waals surface area (Å²) >= 11 is 0. The summed E-state index contributed by atoms with van der Waals surface area (Å²) in [7, 11) is 1.52. The lowest BCUT2D eigenvalue weighted by molar-refractivity contribution is -0.140. The monoisotopic (exact) mass is 666 g/mol. The van der Waals surface area contributed by atoms with Gasteiger partial charge in [-0.3, -0.25) is 24.3 Å². The van der Waals surface area contributed by atoms with Crippen molar-refractivity contribution < 1.29 is 29.0 Å². The summed E-state index contributed by atoms with van der Waals surface area (Å²) in [4.78, 5) is 52.1. The molecule has 2 saturated heterocycles. The van der Waals surface area contributed by atoms with Crippen LogP contribution in [0.5, 0.6) is 5.75 Å². The molecule has 4 heterocycles. The minimum Gasteiger partial charge on any atom is -0.482 e. The zero-order valence-corrected chi connectivity index (χ0v) is 28.5. The Hall–Kier alpha value is -5.09. The van der Waals surface area contributed by atoms with Crippen LogP contribution in [0.1, 0.15) is 61.7 Å². The number of hydrogen-bond donors (Lipinski definition) is 3. The first-order chi connectivity index (χ1) is 23.4. The Morgan fingerprint density at radius 3 is 2.49 bits per heavy atom. The number of rotatable bonds is 9. The van der Waals surface area contributed by atoms with Gasteiger partial charge in [-0.1, -0.05) is 24.5 Å². The minimum atomic E-state index is -1.14. The molecule has 1 aromatic carbocycles. The Labute approximate surface area is 286 Å². The van der Waals surface area contributed by atoms with Crippen LogP contribution in [0.15, 0.2) is 55.4 Å². The number of hydrogen-bond acceptors (Lipinski definition) is 9. The van der Waals surface area contributed by atoms with Gasteiger partial charge in [0, 0.05) is 62.8 Å². The Balaban J connectivity index is 1.39. The van der Waals surface area contributed by atoms with E-state index in [1.165, 1.54) is 25.4 Å². The standard InChI is InChI=1S/C37H42N6O6/c1-7-33(44)43-13-12-42(19-26(43)5)20-32(30-9-8-23(2)17-39-30)49-31-15-24(3)28(16-29(31)35(45)38-6)36(46)41-34-25(4)14-27(18-40-34)10-11-37(47)21-48-22-37/h7-9,14-18,26,32,47H,1,12-13,19-22H2,2-6H3,(H,38,45)(H,40,41,46)/t26-,32-/m1/s1. The van der Waals surface area contributed by atoms with Crippen molar-refractivity contribution in [1.29, 1.82) is 0 Å². The van der Waals surface area contributed by atoms with Gasteiger partial charge in [-0.2, -0.15) is 0 Å². The fourth-order valence-corrected chi connectivity index (χ4v) is 5.73. The van der Waals surface area contributed by atoms with Gasteiger partial charge in [0.05, 0.1) is 24.5 Å². The van der Waals surface area contributed by atoms with E-state index in [1.54, 1.807) is 37.1 Å². The fourth-order valence-electron chi connectivity index (χ4n) is 5.73. The number of carbonyl (C=O) groups excluding carboxylic acids is 3. The van der Waals surface area contributed by atoms with Gasteiger partial charge in [0.1, 0.15) is 11.6 Å². The van der Waals surface area contributed by atoms with Gasteiger partial charge in [-0.05, 0) is 74.7 Å². The molecule has 12 nitrogen and oxygen atoms in total. The summed E-state index contributed by atoms with van der Waals surface area (Å²) in [6.07, 6.45) is 4.08. The Bertz CT molecular complexity index is 1810. The SMILES string of the molecule is C=CC(=O)N1CCN(C[C@@H](Oc2cc(C)c(C(=O)Nc3ncc(C#CC4(O)COC4)cc3C)cc2C(=O)NC)c2ccc(C)cn2)C[C@H]1C. The van der Waals surface area contributed by atoms with Gasteiger partial charge in [0.25, 0.3) is 11.8 Å². The van der Waals surface area contributed by atoms with Crippen molar-refractivity contribution in [2.24, 2.45) is 0 Å². The molecule has 2 fully saturated rings. The third-order valence-corrected chi connectivity index (χ3v) is 8.60. The second-order valence-corrected chi connectivity index (χ2v) is 12.6. The number of pyridine rings is 2. The molecule has 0 aliphatic carbocycles. The number of benzene rings is 1. The van der Waals surface area contributed by atoms with Gasteiger partial charge in [-0.25, -0.2) is 4.98 Å². The number of aromatic nitrogens is 2. The highest BCUT2D eigenvalue weighted by Crippen LogP contribution is 2.30. The summed E-state index contributed by atoms with van der Waals surface area (Å²) in [5.41, 5.74) is 2.89. The van der Waals surface area contributed by atoms with Crippen molar-refractivity contribution >= 4 is 23.5 Å². The van der Waals surface area contributed by atoms with Crippen LogP contribution in [-0.2, 0) is 9.53 Å². The van der Waals surface area contributed by atoms with E-state index in [0.29, 0.717) is 60.1 Å². The lowest BCUT2D eigenvalue weighted by Gasteiger charge is -2.40. The molecule has 2 aliphatic rings. The molecule has 3 N–H and O–H groups in total. The molecule has 49 heavy (non-hydrogen) atoms. The molecule has 3 aromatic rings. The van der Waals surface area contributed by atoms with Crippen LogP contribution < -0.4 is 15.4 Å². The van der Waals surface area contributed by atoms with Crippen LogP contribution in [-0.4, -0.2) is 101 Å². The van der Waals surface area contributed by atoms with Gasteiger partial charge >= 0.3 is 0 Å². The first-order valence-corrected chi connectivity index (χ1v) is 16.1. The van der Waals surface area contributed by atoms with E-state index >= 15 is 0 Å². The number of amides is 3. The van der Waals surface area contributed by atoms with Crippen molar-refractivity contribution in [2.75, 3.05) is 51.8 Å². The fraction of sp³-hybridized carbons (Fsp3) is 0.378. The molecule has 3 amide bonds. The van der Waals surface area contributed by atoms with Crippen LogP contribution in [0.3, 0.4) is 0 Å². The average molecular weight is 667 g/mol. The molecule has 12 heteroatoms. The highest BCUT2D eigenvalue weighted by molar-refractivity contribution is 6.07. The molecule has 256 valence electrons. The maximum absolute atomic E-state index is 13.6. The molecule has 2 aromatic heterocycles. The zero-order chi connectivity index (χ0) is 35.3. The number of anilines is 1. The topological polar surface area (TPSA) is 146 Å². The number of carbonyl (C=O) groups is 3.